The highest BCUT2D eigenvalue weighted by molar-refractivity contribution is 5.90. The number of pyridine rings is 1. The van der Waals surface area contributed by atoms with Gasteiger partial charge in [0.05, 0.1) is 63.5 Å². The lowest BCUT2D eigenvalue weighted by atomic mass is 10.0. The Labute approximate surface area is 875 Å². The highest BCUT2D eigenvalue weighted by Crippen LogP contribution is 2.42. The van der Waals surface area contributed by atoms with E-state index in [1.165, 1.54) is 91.0 Å². The monoisotopic (exact) mass is 2020 g/mol. The summed E-state index contributed by atoms with van der Waals surface area (Å²) in [5, 5.41) is 53.4. The van der Waals surface area contributed by atoms with Gasteiger partial charge in [0.25, 0.3) is 0 Å². The number of carbonyl (C=O) groups excluding carboxylic acids is 6. The fraction of sp³-hybridized carbons (Fsp3) is 0.388. The number of carbonyl (C=O) groups is 6. The number of methoxy groups -OCH3 is 1. The van der Waals surface area contributed by atoms with E-state index in [2.05, 4.69) is 222 Å². The standard InChI is InChI=1S/C29H35N5O3.C23H25N5O.C22H26N6O.C22H25N5O.C20H24N6O/c1-20(35)33-14-12-27-26(19-33)29(32-34(27)18-21-6-7-21)31-25-10-8-23(9-11-25)24-5-3-4-22(16-24)17-30-28(36)13-15-37-2;1-16(29)27-13-11-22-20(15-27)23(26-28(22)14-17-5-6-17)25-19-9-7-18(8-10-19)21-4-2-3-12-24-21;1-15(29)27-12-10-21-19(14-27)22(25-28(21)13-16-3-4-16)23-18-7-5-17(6-8-18)20-9-11-26(2)24-20;1-15(28)26-11-9-21-20(14-26)22(25-27(21)13-16-2-3-16)24-19-6-4-17(5-7-19)18-8-10-23-12-18;1-13-17(11-21-24(13)3)15-5-7-16(8-6-15)22-20-18-12-26(14(2)27)10-9-19(18)25(4)23-20/h3-5,8-11,16,21H,6-7,12-15,17-19H2,1-2H3,(H,30,36)(H,31,32);2-4,7-10,12,17H,5-6,11,13-15H2,1H3,(H,25,26);5-9,11,16H,3-4,10,12-14H2,1-2H3,(H,23,25);4-8,10,16H,2-3,9,11-14H2,1H3,(H,24,25);5-8,11H,9-10,12H2,1-4H3,(H,22,23). The number of fused-ring (bicyclic) bond motifs is 5. The van der Waals surface area contributed by atoms with E-state index >= 15 is 0 Å². The number of rotatable bonds is 28. The molecule has 6 N–H and O–H groups in total. The molecule has 0 bridgehead atoms. The first-order chi connectivity index (χ1) is 72.8. The van der Waals surface area contributed by atoms with Crippen molar-refractivity contribution >= 4 is 105 Å². The second-order valence-corrected chi connectivity index (χ2v) is 41.2. The maximum atomic E-state index is 12.0. The molecule has 0 unspecified atom stereocenters. The molecule has 150 heavy (non-hydrogen) atoms. The first-order valence-electron chi connectivity index (χ1n) is 52.8. The molecule has 34 nitrogen and oxygen atoms in total. The van der Waals surface area contributed by atoms with Crippen LogP contribution in [-0.4, -0.2) is 193 Å². The maximum Gasteiger partial charge on any atom is 0.222 e. The van der Waals surface area contributed by atoms with Gasteiger partial charge in [0.1, 0.15) is 0 Å². The van der Waals surface area contributed by atoms with Crippen molar-refractivity contribution in [3.63, 3.8) is 0 Å². The molecule has 0 atom stereocenters. The molecule has 4 aliphatic carbocycles. The van der Waals surface area contributed by atoms with E-state index < -0.39 is 0 Å². The summed E-state index contributed by atoms with van der Waals surface area (Å²) in [6.45, 7) is 22.8. The molecule has 14 heterocycles. The van der Waals surface area contributed by atoms with Crippen molar-refractivity contribution in [2.45, 2.75) is 197 Å². The fourth-order valence-corrected chi connectivity index (χ4v) is 20.3. The predicted octanol–water partition coefficient (Wildman–Crippen LogP) is 17.8. The number of nitrogens with one attached hydrogen (secondary N) is 6. The average Bonchev–Trinajstić information content (AvgIpc) is 1.62. The van der Waals surface area contributed by atoms with Gasteiger partial charge in [-0.25, -0.2) is 0 Å². The number of allylic oxidation sites excluding steroid dienone is 1. The SMILES string of the molecule is CC(=O)N1CCc2c(c(Nc3ccc(-c4ccccn4)cc3)nn2CC2CC2)C1.CC(=O)N1CCc2c(c(Nc3ccc(-c4ccn(C)n4)cc3)nn2CC2CC2)C1.CC(=O)N1CCc2c(c(Nc3ccc(-c4cnn(C)c4C)cc3)nn2C)C1.CC(=O)N1CCc2c(c(Nc3ccc(C4=CC=NC4)cc3)nn2CC2CC2)C1.COCCC(=O)NCc1cccc(-c2ccc(Nc3nn(CC4CC4)c4c3CN(C(C)=O)CC4)cc2)c1. The van der Waals surface area contributed by atoms with Gasteiger partial charge in [0.2, 0.25) is 35.4 Å². The molecule has 10 aliphatic rings. The van der Waals surface area contributed by atoms with Gasteiger partial charge in [0.15, 0.2) is 29.1 Å². The third-order valence-corrected chi connectivity index (χ3v) is 30.1. The van der Waals surface area contributed by atoms with Crippen LogP contribution in [-0.2, 0) is 152 Å². The van der Waals surface area contributed by atoms with Gasteiger partial charge in [-0.15, -0.1) is 0 Å². The Morgan fingerprint density at radius 3 is 1.12 bits per heavy atom. The summed E-state index contributed by atoms with van der Waals surface area (Å²) < 4.78 is 19.3. The molecule has 8 aromatic heterocycles. The van der Waals surface area contributed by atoms with E-state index in [4.69, 9.17) is 25.1 Å². The summed E-state index contributed by atoms with van der Waals surface area (Å²) >= 11 is 0. The number of hydrogen-bond donors (Lipinski definition) is 6. The molecule has 4 fully saturated rings. The quantitative estimate of drug-likeness (QED) is 0.0265. The molecule has 6 aliphatic heterocycles. The van der Waals surface area contributed by atoms with Crippen LogP contribution in [0.1, 0.15) is 166 Å². The second kappa shape index (κ2) is 45.5. The Balaban J connectivity index is 0.000000114. The van der Waals surface area contributed by atoms with Crippen LogP contribution in [0.2, 0.25) is 0 Å². The van der Waals surface area contributed by atoms with Gasteiger partial charge in [-0.3, -0.25) is 71.5 Å². The van der Waals surface area contributed by atoms with E-state index in [1.54, 1.807) is 52.6 Å². The minimum absolute atomic E-state index is 0.0177. The van der Waals surface area contributed by atoms with Crippen molar-refractivity contribution in [3.8, 4) is 44.8 Å². The predicted molar refractivity (Wildman–Crippen MR) is 583 cm³/mol. The number of hydrogen-bond acceptors (Lipinski definition) is 21. The van der Waals surface area contributed by atoms with Gasteiger partial charge >= 0.3 is 0 Å². The van der Waals surface area contributed by atoms with Crippen molar-refractivity contribution < 1.29 is 33.5 Å². The Kier molecular flexibility index (Phi) is 30.7. The van der Waals surface area contributed by atoms with E-state index in [9.17, 15) is 28.8 Å². The van der Waals surface area contributed by atoms with E-state index in [-0.39, 0.29) is 35.4 Å². The van der Waals surface area contributed by atoms with Crippen LogP contribution in [0.5, 0.6) is 0 Å². The minimum atomic E-state index is -0.0177. The van der Waals surface area contributed by atoms with Gasteiger partial charge < -0.3 is 61.1 Å². The minimum Gasteiger partial charge on any atom is -0.384 e. The number of aromatic nitrogens is 15. The first-order valence-corrected chi connectivity index (χ1v) is 52.8. The van der Waals surface area contributed by atoms with E-state index in [0.717, 1.165) is 263 Å². The van der Waals surface area contributed by atoms with Crippen molar-refractivity contribution in [1.29, 1.82) is 0 Å². The molecule has 4 saturated carbocycles. The van der Waals surface area contributed by atoms with E-state index in [1.807, 2.05) is 110 Å². The first kappa shape index (κ1) is 101. The molecule has 0 radical (unpaired) electrons. The summed E-state index contributed by atoms with van der Waals surface area (Å²) in [4.78, 5) is 89.6. The fourth-order valence-electron chi connectivity index (χ4n) is 20.3. The molecule has 0 saturated heterocycles. The number of ether oxygens (including phenoxy) is 1. The van der Waals surface area contributed by atoms with Crippen molar-refractivity contribution in [3.05, 3.63) is 268 Å². The zero-order valence-corrected chi connectivity index (χ0v) is 87.5. The number of aryl methyl sites for hydroxylation is 3. The zero-order valence-electron chi connectivity index (χ0n) is 87.5. The lowest BCUT2D eigenvalue weighted by Crippen LogP contribution is -2.34. The van der Waals surface area contributed by atoms with Crippen LogP contribution in [0.4, 0.5) is 57.5 Å². The zero-order chi connectivity index (χ0) is 104. The topological polar surface area (TPSA) is 350 Å². The summed E-state index contributed by atoms with van der Waals surface area (Å²) in [6.07, 6.45) is 24.6. The summed E-state index contributed by atoms with van der Waals surface area (Å²) in [6, 6.07) is 57.7. The largest absolute Gasteiger partial charge is 0.384 e. The smallest absolute Gasteiger partial charge is 0.222 e. The Morgan fingerprint density at radius 2 is 0.767 bits per heavy atom. The molecule has 776 valence electrons. The number of nitrogens with zero attached hydrogens (tertiary/aromatic N) is 21. The van der Waals surface area contributed by atoms with Crippen molar-refractivity contribution in [2.75, 3.05) is 79.6 Å². The van der Waals surface area contributed by atoms with Crippen molar-refractivity contribution in [1.82, 2.24) is 103 Å². The van der Waals surface area contributed by atoms with Gasteiger partial charge in [-0.2, -0.15) is 35.7 Å². The van der Waals surface area contributed by atoms with E-state index in [0.29, 0.717) is 52.3 Å². The molecule has 6 amide bonds. The highest BCUT2D eigenvalue weighted by atomic mass is 16.5. The highest BCUT2D eigenvalue weighted by Gasteiger charge is 2.37. The van der Waals surface area contributed by atoms with Crippen LogP contribution in [0.25, 0.3) is 50.3 Å². The molecular weight excluding hydrogens is 1880 g/mol. The summed E-state index contributed by atoms with van der Waals surface area (Å²) in [5.41, 5.74) is 30.1. The molecular formula is C116H135N27O7. The number of aliphatic imine (C=N–C) groups is 1. The van der Waals surface area contributed by atoms with Crippen LogP contribution < -0.4 is 31.9 Å². The van der Waals surface area contributed by atoms with Gasteiger partial charge in [0, 0.05) is 293 Å². The number of anilines is 10. The number of benzene rings is 6. The van der Waals surface area contributed by atoms with Crippen LogP contribution in [0, 0.1) is 30.6 Å². The van der Waals surface area contributed by atoms with Gasteiger partial charge in [-0.1, -0.05) is 84.9 Å². The maximum absolute atomic E-state index is 12.0. The normalized spacial score (nSPS) is 15.6. The van der Waals surface area contributed by atoms with Crippen LogP contribution >= 0.6 is 0 Å². The van der Waals surface area contributed by atoms with Gasteiger partial charge in [-0.05, 0) is 206 Å². The van der Waals surface area contributed by atoms with Crippen molar-refractivity contribution in [2.24, 2.45) is 49.8 Å². The summed E-state index contributed by atoms with van der Waals surface area (Å²) in [5.74, 6) is 7.88. The second-order valence-electron chi connectivity index (χ2n) is 41.2. The third-order valence-electron chi connectivity index (χ3n) is 30.1. The molecule has 14 aromatic rings. The molecule has 34 heteroatoms. The Hall–Kier alpha value is -15.9. The third kappa shape index (κ3) is 24.7. The average molecular weight is 2020 g/mol. The Bertz CT molecular complexity index is 7290. The van der Waals surface area contributed by atoms with Crippen LogP contribution in [0.3, 0.4) is 0 Å². The molecule has 24 rings (SSSR count). The lowest BCUT2D eigenvalue weighted by Gasteiger charge is -2.26. The number of amides is 6. The Morgan fingerprint density at radius 1 is 0.387 bits per heavy atom. The molecule has 0 spiro atoms. The summed E-state index contributed by atoms with van der Waals surface area (Å²) in [7, 11) is 7.42. The van der Waals surface area contributed by atoms with Crippen LogP contribution in [0.15, 0.2) is 200 Å². The molecule has 6 aromatic carbocycles. The lowest BCUT2D eigenvalue weighted by molar-refractivity contribution is -0.130.